The number of hydrogen-bond acceptors (Lipinski definition) is 2. The molecule has 2 aliphatic carbocycles. The first-order valence-corrected chi connectivity index (χ1v) is 19.5. The maximum Gasteiger partial charge on any atom is 0.160 e. The molecule has 0 amide bonds. The van der Waals surface area contributed by atoms with Crippen molar-refractivity contribution in [2.24, 2.45) is 5.92 Å². The van der Waals surface area contributed by atoms with Crippen LogP contribution in [0.3, 0.4) is 0 Å². The highest BCUT2D eigenvalue weighted by molar-refractivity contribution is 6.40. The van der Waals surface area contributed by atoms with E-state index in [0.717, 1.165) is 40.1 Å². The van der Waals surface area contributed by atoms with Gasteiger partial charge in [-0.15, -0.1) is 0 Å². The number of fused-ring (bicyclic) bond motifs is 15. The normalized spacial score (nSPS) is 15.7. The van der Waals surface area contributed by atoms with Gasteiger partial charge in [0.2, 0.25) is 0 Å². The molecule has 8 aromatic carbocycles. The molecule has 0 aliphatic heterocycles. The average molecular weight is 704 g/mol. The standard InChI is InChI=1S/C52H37N3/c1-30-23-28-44-40(29-30)47-46-36-16-7-5-14-34(36)33-13-4-6-15-35(33)45(46)37-17-8-9-18-38(37)50(47)55(44)32-26-24-31(25-27-32)51-53-43-22-12-21-42-48(43)49(54-51)39-19-10-11-20-41(39)52(42,2)3/h4-28,30H,29H2,1-3H3. The molecule has 0 bridgehead atoms. The molecular formula is C52H37N3. The molecule has 0 saturated carbocycles. The predicted molar refractivity (Wildman–Crippen MR) is 231 cm³/mol. The van der Waals surface area contributed by atoms with Crippen molar-refractivity contribution in [1.82, 2.24) is 14.5 Å². The third-order valence-corrected chi connectivity index (χ3v) is 12.7. The Hall–Kier alpha value is -6.58. The highest BCUT2D eigenvalue weighted by Crippen LogP contribution is 2.50. The van der Waals surface area contributed by atoms with E-state index in [9.17, 15) is 0 Å². The second-order valence-corrected chi connectivity index (χ2v) is 16.2. The zero-order valence-corrected chi connectivity index (χ0v) is 31.1. The minimum atomic E-state index is -0.130. The van der Waals surface area contributed by atoms with E-state index in [0.29, 0.717) is 5.92 Å². The number of benzene rings is 8. The highest BCUT2D eigenvalue weighted by atomic mass is 15.0. The van der Waals surface area contributed by atoms with E-state index in [2.05, 4.69) is 177 Å². The van der Waals surface area contributed by atoms with E-state index in [1.54, 1.807) is 0 Å². The van der Waals surface area contributed by atoms with Crippen molar-refractivity contribution in [2.45, 2.75) is 32.6 Å². The van der Waals surface area contributed by atoms with Crippen LogP contribution >= 0.6 is 0 Å². The molecular weight excluding hydrogens is 667 g/mol. The van der Waals surface area contributed by atoms with Gasteiger partial charge in [-0.25, -0.2) is 9.97 Å². The third-order valence-electron chi connectivity index (χ3n) is 12.7. The molecule has 1 atom stereocenters. The van der Waals surface area contributed by atoms with E-state index in [4.69, 9.17) is 9.97 Å². The Morgan fingerprint density at radius 3 is 1.93 bits per heavy atom. The fourth-order valence-electron chi connectivity index (χ4n) is 10.2. The summed E-state index contributed by atoms with van der Waals surface area (Å²) in [5, 5.41) is 13.1. The van der Waals surface area contributed by atoms with Crippen LogP contribution in [-0.4, -0.2) is 14.5 Å². The van der Waals surface area contributed by atoms with E-state index in [1.807, 2.05) is 0 Å². The van der Waals surface area contributed by atoms with Crippen LogP contribution in [-0.2, 0) is 11.8 Å². The summed E-state index contributed by atoms with van der Waals surface area (Å²) in [5.41, 5.74) is 11.8. The van der Waals surface area contributed by atoms with Crippen molar-refractivity contribution in [3.63, 3.8) is 0 Å². The largest absolute Gasteiger partial charge is 0.309 e. The lowest BCUT2D eigenvalue weighted by atomic mass is 9.70. The molecule has 2 aliphatic rings. The molecule has 0 fully saturated rings. The summed E-state index contributed by atoms with van der Waals surface area (Å²) in [6.45, 7) is 6.96. The van der Waals surface area contributed by atoms with Crippen LogP contribution in [0.4, 0.5) is 0 Å². The molecule has 10 aromatic rings. The molecule has 55 heavy (non-hydrogen) atoms. The van der Waals surface area contributed by atoms with E-state index in [1.165, 1.54) is 81.9 Å². The van der Waals surface area contributed by atoms with Crippen LogP contribution in [0.2, 0.25) is 0 Å². The summed E-state index contributed by atoms with van der Waals surface area (Å²) in [4.78, 5) is 10.5. The Morgan fingerprint density at radius 2 is 1.18 bits per heavy atom. The summed E-state index contributed by atoms with van der Waals surface area (Å²) in [6, 6.07) is 51.2. The lowest BCUT2D eigenvalue weighted by Crippen LogP contribution is -2.24. The lowest BCUT2D eigenvalue weighted by molar-refractivity contribution is 0.644. The van der Waals surface area contributed by atoms with Crippen LogP contribution in [0, 0.1) is 5.92 Å². The number of allylic oxidation sites excluding steroid dienone is 1. The average Bonchev–Trinajstić information content (AvgIpc) is 3.57. The molecule has 260 valence electrons. The molecule has 3 nitrogen and oxygen atoms in total. The summed E-state index contributed by atoms with van der Waals surface area (Å²) in [5.74, 6) is 1.20. The Morgan fingerprint density at radius 1 is 0.564 bits per heavy atom. The van der Waals surface area contributed by atoms with Gasteiger partial charge in [-0.3, -0.25) is 0 Å². The van der Waals surface area contributed by atoms with Crippen LogP contribution < -0.4 is 0 Å². The summed E-state index contributed by atoms with van der Waals surface area (Å²) >= 11 is 0. The summed E-state index contributed by atoms with van der Waals surface area (Å²) in [7, 11) is 0. The SMILES string of the molecule is CC1C=Cc2c(c3c4c5ccccc5c5ccccc5c4c4ccccc4c3n2-c2ccc(-c3nc4c5c(cccc5n3)C(C)(C)c3ccccc3-4)cc2)C1. The quantitative estimate of drug-likeness (QED) is 0.168. The predicted octanol–water partition coefficient (Wildman–Crippen LogP) is 13.4. The van der Waals surface area contributed by atoms with Crippen LogP contribution in [0.25, 0.3) is 99.3 Å². The van der Waals surface area contributed by atoms with E-state index in [-0.39, 0.29) is 5.41 Å². The first-order valence-electron chi connectivity index (χ1n) is 19.5. The molecule has 2 aromatic heterocycles. The van der Waals surface area contributed by atoms with Gasteiger partial charge in [0.15, 0.2) is 5.82 Å². The Bertz CT molecular complexity index is 3320. The lowest BCUT2D eigenvalue weighted by Gasteiger charge is -2.34. The number of rotatable bonds is 2. The Balaban J connectivity index is 1.13. The van der Waals surface area contributed by atoms with Crippen molar-refractivity contribution < 1.29 is 0 Å². The van der Waals surface area contributed by atoms with E-state index < -0.39 is 0 Å². The molecule has 0 N–H and O–H groups in total. The first kappa shape index (κ1) is 30.8. The van der Waals surface area contributed by atoms with Crippen LogP contribution in [0.15, 0.2) is 146 Å². The van der Waals surface area contributed by atoms with Gasteiger partial charge >= 0.3 is 0 Å². The van der Waals surface area contributed by atoms with Gasteiger partial charge in [0.25, 0.3) is 0 Å². The van der Waals surface area contributed by atoms with Gasteiger partial charge in [-0.1, -0.05) is 136 Å². The smallest absolute Gasteiger partial charge is 0.160 e. The molecule has 1 unspecified atom stereocenters. The second-order valence-electron chi connectivity index (χ2n) is 16.2. The second kappa shape index (κ2) is 11.0. The minimum Gasteiger partial charge on any atom is -0.309 e. The Kier molecular flexibility index (Phi) is 6.16. The van der Waals surface area contributed by atoms with E-state index >= 15 is 0 Å². The number of nitrogens with zero attached hydrogens (tertiary/aromatic N) is 3. The van der Waals surface area contributed by atoms with Gasteiger partial charge in [0, 0.05) is 49.5 Å². The van der Waals surface area contributed by atoms with Crippen molar-refractivity contribution in [2.75, 3.05) is 0 Å². The zero-order valence-electron chi connectivity index (χ0n) is 31.1. The summed E-state index contributed by atoms with van der Waals surface area (Å²) < 4.78 is 2.53. The van der Waals surface area contributed by atoms with Gasteiger partial charge < -0.3 is 4.57 Å². The molecule has 3 heteroatoms. The zero-order chi connectivity index (χ0) is 36.6. The van der Waals surface area contributed by atoms with Crippen LogP contribution in [0.5, 0.6) is 0 Å². The van der Waals surface area contributed by atoms with Crippen LogP contribution in [0.1, 0.15) is 43.2 Å². The van der Waals surface area contributed by atoms with Crippen molar-refractivity contribution in [3.8, 4) is 28.3 Å². The monoisotopic (exact) mass is 703 g/mol. The number of hydrogen-bond donors (Lipinski definition) is 0. The summed E-state index contributed by atoms with van der Waals surface area (Å²) in [6.07, 6.45) is 5.75. The molecule has 0 spiro atoms. The number of aromatic nitrogens is 3. The molecule has 12 rings (SSSR count). The molecule has 2 heterocycles. The minimum absolute atomic E-state index is 0.130. The first-order chi connectivity index (χ1) is 27.0. The van der Waals surface area contributed by atoms with Gasteiger partial charge in [-0.2, -0.15) is 0 Å². The highest BCUT2D eigenvalue weighted by Gasteiger charge is 2.34. The Labute approximate surface area is 319 Å². The van der Waals surface area contributed by atoms with Gasteiger partial charge in [-0.05, 0) is 97.8 Å². The van der Waals surface area contributed by atoms with Gasteiger partial charge in [0.1, 0.15) is 0 Å². The maximum absolute atomic E-state index is 5.33. The maximum atomic E-state index is 5.33. The van der Waals surface area contributed by atoms with Gasteiger partial charge in [0.05, 0.1) is 16.7 Å². The molecule has 0 saturated heterocycles. The third kappa shape index (κ3) is 4.10. The van der Waals surface area contributed by atoms with Crippen molar-refractivity contribution >= 4 is 71.0 Å². The fraction of sp³-hybridized carbons (Fsp3) is 0.115. The van der Waals surface area contributed by atoms with Crippen molar-refractivity contribution in [1.29, 1.82) is 0 Å². The fourth-order valence-corrected chi connectivity index (χ4v) is 10.2. The topological polar surface area (TPSA) is 30.7 Å². The molecule has 0 radical (unpaired) electrons. The van der Waals surface area contributed by atoms with Crippen molar-refractivity contribution in [3.05, 3.63) is 168 Å².